The summed E-state index contributed by atoms with van der Waals surface area (Å²) in [5.41, 5.74) is 6.76. The van der Waals surface area contributed by atoms with Gasteiger partial charge in [-0.3, -0.25) is 0 Å². The van der Waals surface area contributed by atoms with E-state index in [2.05, 4.69) is 0 Å². The van der Waals surface area contributed by atoms with E-state index >= 15 is 0 Å². The number of benzene rings is 1. The fourth-order valence-electron chi connectivity index (χ4n) is 2.55. The van der Waals surface area contributed by atoms with Crippen molar-refractivity contribution in [2.45, 2.75) is 18.9 Å². The number of furan rings is 1. The number of fused-ring (bicyclic) bond motifs is 1. The van der Waals surface area contributed by atoms with Crippen LogP contribution in [-0.4, -0.2) is 24.9 Å². The van der Waals surface area contributed by atoms with E-state index in [9.17, 15) is 5.11 Å². The fourth-order valence-corrected chi connectivity index (χ4v) is 2.55. The van der Waals surface area contributed by atoms with Crippen molar-refractivity contribution in [3.63, 3.8) is 0 Å². The number of nitrogens with two attached hydrogens (primary N) is 1. The van der Waals surface area contributed by atoms with Crippen LogP contribution in [0, 0.1) is 6.92 Å². The molecule has 0 saturated carbocycles. The summed E-state index contributed by atoms with van der Waals surface area (Å²) >= 11 is 0. The van der Waals surface area contributed by atoms with Crippen LogP contribution >= 0.6 is 0 Å². The van der Waals surface area contributed by atoms with E-state index in [4.69, 9.17) is 19.6 Å². The van der Waals surface area contributed by atoms with Crippen LogP contribution < -0.4 is 15.2 Å². The minimum absolute atomic E-state index is 0.258. The molecule has 1 aromatic carbocycles. The largest absolute Gasteiger partial charge is 0.486 e. The van der Waals surface area contributed by atoms with E-state index in [1.165, 1.54) is 0 Å². The minimum Gasteiger partial charge on any atom is -0.486 e. The van der Waals surface area contributed by atoms with Crippen molar-refractivity contribution in [1.29, 1.82) is 0 Å². The summed E-state index contributed by atoms with van der Waals surface area (Å²) in [4.78, 5) is 0. The minimum atomic E-state index is -0.786. The molecule has 21 heavy (non-hydrogen) atoms. The first kappa shape index (κ1) is 14.0. The summed E-state index contributed by atoms with van der Waals surface area (Å²) in [5.74, 6) is 2.45. The predicted octanol–water partition coefficient (Wildman–Crippen LogP) is 2.14. The standard InChI is InChI=1S/C16H19NO4/c1-10-2-4-14(21-10)16(18)12(9-17)11-3-5-13-15(8-11)20-7-6-19-13/h2-5,8,12,16,18H,6-7,9,17H2,1H3. The van der Waals surface area contributed by atoms with Gasteiger partial charge >= 0.3 is 0 Å². The molecule has 3 rings (SSSR count). The molecule has 1 aliphatic rings. The number of hydrogen-bond acceptors (Lipinski definition) is 5. The van der Waals surface area contributed by atoms with Crippen molar-refractivity contribution in [3.05, 3.63) is 47.4 Å². The van der Waals surface area contributed by atoms with Crippen molar-refractivity contribution in [3.8, 4) is 11.5 Å². The van der Waals surface area contributed by atoms with E-state index in [0.29, 0.717) is 31.3 Å². The van der Waals surface area contributed by atoms with Gasteiger partial charge in [-0.05, 0) is 36.8 Å². The molecule has 0 spiro atoms. The molecule has 2 heterocycles. The van der Waals surface area contributed by atoms with Crippen LogP contribution in [0.2, 0.25) is 0 Å². The van der Waals surface area contributed by atoms with Crippen LogP contribution in [0.25, 0.3) is 0 Å². The highest BCUT2D eigenvalue weighted by atomic mass is 16.6. The molecule has 2 unspecified atom stereocenters. The van der Waals surface area contributed by atoms with Gasteiger partial charge in [0.25, 0.3) is 0 Å². The molecule has 2 aromatic rings. The molecule has 2 atom stereocenters. The Morgan fingerprint density at radius 3 is 2.57 bits per heavy atom. The lowest BCUT2D eigenvalue weighted by Gasteiger charge is -2.23. The second kappa shape index (κ2) is 5.79. The molecule has 5 nitrogen and oxygen atoms in total. The van der Waals surface area contributed by atoms with E-state index in [-0.39, 0.29) is 5.92 Å². The summed E-state index contributed by atoms with van der Waals surface area (Å²) in [6, 6.07) is 9.25. The molecular formula is C16H19NO4. The molecule has 1 aromatic heterocycles. The Labute approximate surface area is 123 Å². The monoisotopic (exact) mass is 289 g/mol. The second-order valence-electron chi connectivity index (χ2n) is 5.14. The van der Waals surface area contributed by atoms with Crippen LogP contribution in [0.5, 0.6) is 11.5 Å². The van der Waals surface area contributed by atoms with Crippen molar-refractivity contribution in [2.24, 2.45) is 5.73 Å². The molecular weight excluding hydrogens is 270 g/mol. The van der Waals surface area contributed by atoms with Gasteiger partial charge in [0.2, 0.25) is 0 Å². The lowest BCUT2D eigenvalue weighted by molar-refractivity contribution is 0.120. The van der Waals surface area contributed by atoms with E-state index in [0.717, 1.165) is 17.1 Å². The highest BCUT2D eigenvalue weighted by Gasteiger charge is 2.25. The van der Waals surface area contributed by atoms with Crippen molar-refractivity contribution in [2.75, 3.05) is 19.8 Å². The zero-order valence-electron chi connectivity index (χ0n) is 11.9. The van der Waals surface area contributed by atoms with Crippen molar-refractivity contribution >= 4 is 0 Å². The molecule has 3 N–H and O–H groups in total. The number of rotatable bonds is 4. The lowest BCUT2D eigenvalue weighted by atomic mass is 9.91. The number of aliphatic hydroxyl groups is 1. The third-order valence-electron chi connectivity index (χ3n) is 3.68. The van der Waals surface area contributed by atoms with Gasteiger partial charge in [0.1, 0.15) is 30.8 Å². The Morgan fingerprint density at radius 1 is 1.14 bits per heavy atom. The molecule has 0 aliphatic carbocycles. The first-order chi connectivity index (χ1) is 10.2. The quantitative estimate of drug-likeness (QED) is 0.901. The molecule has 0 saturated heterocycles. The Balaban J connectivity index is 1.89. The normalized spacial score (nSPS) is 16.5. The number of aliphatic hydroxyl groups excluding tert-OH is 1. The topological polar surface area (TPSA) is 77.9 Å². The Kier molecular flexibility index (Phi) is 3.86. The summed E-state index contributed by atoms with van der Waals surface area (Å²) in [5, 5.41) is 10.5. The van der Waals surface area contributed by atoms with Crippen LogP contribution in [0.1, 0.15) is 29.1 Å². The first-order valence-corrected chi connectivity index (χ1v) is 7.03. The maximum absolute atomic E-state index is 10.5. The van der Waals surface area contributed by atoms with E-state index in [1.807, 2.05) is 31.2 Å². The molecule has 0 fully saturated rings. The summed E-state index contributed by atoms with van der Waals surface area (Å²) < 4.78 is 16.6. The van der Waals surface area contributed by atoms with Gasteiger partial charge < -0.3 is 24.7 Å². The maximum atomic E-state index is 10.5. The number of hydrogen-bond donors (Lipinski definition) is 2. The van der Waals surface area contributed by atoms with E-state index < -0.39 is 6.10 Å². The van der Waals surface area contributed by atoms with Crippen LogP contribution in [0.15, 0.2) is 34.7 Å². The maximum Gasteiger partial charge on any atom is 0.161 e. The van der Waals surface area contributed by atoms with Gasteiger partial charge in [0.05, 0.1) is 0 Å². The van der Waals surface area contributed by atoms with Crippen LogP contribution in [0.3, 0.4) is 0 Å². The number of aryl methyl sites for hydroxylation is 1. The molecule has 0 bridgehead atoms. The third kappa shape index (κ3) is 2.75. The molecule has 1 aliphatic heterocycles. The molecule has 112 valence electrons. The van der Waals surface area contributed by atoms with Crippen LogP contribution in [0.4, 0.5) is 0 Å². The van der Waals surface area contributed by atoms with Gasteiger partial charge in [0.15, 0.2) is 11.5 Å². The average molecular weight is 289 g/mol. The highest BCUT2D eigenvalue weighted by molar-refractivity contribution is 5.45. The zero-order valence-corrected chi connectivity index (χ0v) is 11.9. The molecule has 0 radical (unpaired) electrons. The summed E-state index contributed by atoms with van der Waals surface area (Å²) in [6.07, 6.45) is -0.786. The lowest BCUT2D eigenvalue weighted by Crippen LogP contribution is -2.21. The van der Waals surface area contributed by atoms with Crippen LogP contribution in [-0.2, 0) is 0 Å². The smallest absolute Gasteiger partial charge is 0.161 e. The summed E-state index contributed by atoms with van der Waals surface area (Å²) in [7, 11) is 0. The average Bonchev–Trinajstić information content (AvgIpc) is 2.94. The van der Waals surface area contributed by atoms with Gasteiger partial charge in [0, 0.05) is 12.5 Å². The van der Waals surface area contributed by atoms with Gasteiger partial charge in [-0.2, -0.15) is 0 Å². The fraction of sp³-hybridized carbons (Fsp3) is 0.375. The SMILES string of the molecule is Cc1ccc(C(O)C(CN)c2ccc3c(c2)OCCO3)o1. The zero-order chi connectivity index (χ0) is 14.8. The van der Waals surface area contributed by atoms with Gasteiger partial charge in [-0.25, -0.2) is 0 Å². The van der Waals surface area contributed by atoms with Gasteiger partial charge in [-0.15, -0.1) is 0 Å². The Bertz CT molecular complexity index is 622. The molecule has 0 amide bonds. The highest BCUT2D eigenvalue weighted by Crippen LogP contribution is 2.37. The summed E-state index contributed by atoms with van der Waals surface area (Å²) in [6.45, 7) is 3.24. The Morgan fingerprint density at radius 2 is 1.90 bits per heavy atom. The third-order valence-corrected chi connectivity index (χ3v) is 3.68. The number of ether oxygens (including phenoxy) is 2. The predicted molar refractivity (Wildman–Crippen MR) is 77.6 cm³/mol. The molecule has 5 heteroatoms. The Hall–Kier alpha value is -1.98. The first-order valence-electron chi connectivity index (χ1n) is 7.03. The van der Waals surface area contributed by atoms with Crippen molar-refractivity contribution < 1.29 is 19.0 Å². The second-order valence-corrected chi connectivity index (χ2v) is 5.14. The van der Waals surface area contributed by atoms with E-state index in [1.54, 1.807) is 6.07 Å². The van der Waals surface area contributed by atoms with Gasteiger partial charge in [-0.1, -0.05) is 6.07 Å². The van der Waals surface area contributed by atoms with Crippen molar-refractivity contribution in [1.82, 2.24) is 0 Å².